The standard InChI is InChI=1S/C18H20N2O6/c1-2-25-10-4-9-19-16(21)12-5-3-6-13(11-12)20-17(22)14-7-8-15(26-14)18(23)24/h3,5-8,11H,2,4,9-10H2,1H3,(H,19,21)(H,20,22)(H,23,24). The van der Waals surface area contributed by atoms with Gasteiger partial charge in [0.25, 0.3) is 11.8 Å². The van der Waals surface area contributed by atoms with E-state index in [1.807, 2.05) is 6.92 Å². The lowest BCUT2D eigenvalue weighted by atomic mass is 10.2. The fourth-order valence-electron chi connectivity index (χ4n) is 2.13. The first kappa shape index (κ1) is 19.2. The lowest BCUT2D eigenvalue weighted by molar-refractivity contribution is 0.0660. The van der Waals surface area contributed by atoms with Gasteiger partial charge >= 0.3 is 5.97 Å². The van der Waals surface area contributed by atoms with Gasteiger partial charge in [0.2, 0.25) is 5.76 Å². The number of anilines is 1. The van der Waals surface area contributed by atoms with E-state index in [0.717, 1.165) is 0 Å². The molecular weight excluding hydrogens is 340 g/mol. The number of carboxylic acids is 1. The minimum absolute atomic E-state index is 0.131. The highest BCUT2D eigenvalue weighted by Crippen LogP contribution is 2.14. The third-order valence-corrected chi connectivity index (χ3v) is 3.38. The Morgan fingerprint density at radius 1 is 1.12 bits per heavy atom. The number of benzene rings is 1. The summed E-state index contributed by atoms with van der Waals surface area (Å²) in [6.45, 7) is 3.61. The van der Waals surface area contributed by atoms with Crippen molar-refractivity contribution in [3.05, 3.63) is 53.5 Å². The molecule has 0 saturated carbocycles. The lowest BCUT2D eigenvalue weighted by Gasteiger charge is -2.08. The Kier molecular flexibility index (Phi) is 6.92. The summed E-state index contributed by atoms with van der Waals surface area (Å²) in [5.41, 5.74) is 0.787. The molecule has 1 aromatic heterocycles. The topological polar surface area (TPSA) is 118 Å². The molecule has 0 radical (unpaired) electrons. The van der Waals surface area contributed by atoms with Crippen molar-refractivity contribution in [1.29, 1.82) is 0 Å². The van der Waals surface area contributed by atoms with Crippen LogP contribution < -0.4 is 10.6 Å². The zero-order chi connectivity index (χ0) is 18.9. The van der Waals surface area contributed by atoms with Gasteiger partial charge in [0, 0.05) is 31.0 Å². The second-order valence-electron chi connectivity index (χ2n) is 5.31. The van der Waals surface area contributed by atoms with Crippen LogP contribution in [0.2, 0.25) is 0 Å². The Balaban J connectivity index is 1.94. The van der Waals surface area contributed by atoms with Crippen molar-refractivity contribution in [2.45, 2.75) is 13.3 Å². The maximum absolute atomic E-state index is 12.1. The molecule has 1 aromatic carbocycles. The van der Waals surface area contributed by atoms with Gasteiger partial charge in [-0.2, -0.15) is 0 Å². The van der Waals surface area contributed by atoms with E-state index in [1.165, 1.54) is 18.2 Å². The maximum Gasteiger partial charge on any atom is 0.371 e. The molecule has 2 aromatic rings. The minimum atomic E-state index is -1.26. The van der Waals surface area contributed by atoms with E-state index in [1.54, 1.807) is 18.2 Å². The number of carboxylic acid groups (broad SMARTS) is 1. The van der Waals surface area contributed by atoms with Crippen LogP contribution in [0.4, 0.5) is 5.69 Å². The number of furan rings is 1. The Labute approximate surface area is 150 Å². The van der Waals surface area contributed by atoms with Gasteiger partial charge in [0.15, 0.2) is 5.76 Å². The summed E-state index contributed by atoms with van der Waals surface area (Å²) in [5.74, 6) is -2.58. The summed E-state index contributed by atoms with van der Waals surface area (Å²) >= 11 is 0. The second-order valence-corrected chi connectivity index (χ2v) is 5.31. The van der Waals surface area contributed by atoms with Crippen molar-refractivity contribution in [3.63, 3.8) is 0 Å². The molecule has 0 aliphatic carbocycles. The molecule has 0 spiro atoms. The van der Waals surface area contributed by atoms with Crippen LogP contribution in [0, 0.1) is 0 Å². The van der Waals surface area contributed by atoms with E-state index in [9.17, 15) is 14.4 Å². The van der Waals surface area contributed by atoms with Crippen molar-refractivity contribution >= 4 is 23.5 Å². The van der Waals surface area contributed by atoms with Gasteiger partial charge in [0.1, 0.15) is 0 Å². The molecule has 26 heavy (non-hydrogen) atoms. The smallest absolute Gasteiger partial charge is 0.371 e. The molecule has 0 aliphatic rings. The average Bonchev–Trinajstić information content (AvgIpc) is 3.12. The predicted octanol–water partition coefficient (Wildman–Crippen LogP) is 2.39. The van der Waals surface area contributed by atoms with Crippen LogP contribution in [0.25, 0.3) is 0 Å². The van der Waals surface area contributed by atoms with Crippen molar-refractivity contribution < 1.29 is 28.6 Å². The van der Waals surface area contributed by atoms with Gasteiger partial charge in [-0.25, -0.2) is 4.79 Å². The van der Waals surface area contributed by atoms with Crippen LogP contribution in [0.15, 0.2) is 40.8 Å². The first-order valence-corrected chi connectivity index (χ1v) is 8.11. The lowest BCUT2D eigenvalue weighted by Crippen LogP contribution is -2.25. The number of hydrogen-bond donors (Lipinski definition) is 3. The molecule has 0 saturated heterocycles. The summed E-state index contributed by atoms with van der Waals surface area (Å²) in [6.07, 6.45) is 0.709. The number of carbonyl (C=O) groups is 3. The fourth-order valence-corrected chi connectivity index (χ4v) is 2.13. The van der Waals surface area contributed by atoms with Crippen LogP contribution in [-0.4, -0.2) is 42.6 Å². The van der Waals surface area contributed by atoms with E-state index in [4.69, 9.17) is 14.3 Å². The van der Waals surface area contributed by atoms with Gasteiger partial charge in [-0.1, -0.05) is 6.07 Å². The van der Waals surface area contributed by atoms with Gasteiger partial charge in [0.05, 0.1) is 0 Å². The van der Waals surface area contributed by atoms with E-state index in [-0.39, 0.29) is 17.4 Å². The Hall–Kier alpha value is -3.13. The summed E-state index contributed by atoms with van der Waals surface area (Å²) in [7, 11) is 0. The van der Waals surface area contributed by atoms with Crippen LogP contribution in [0.1, 0.15) is 44.8 Å². The first-order chi connectivity index (χ1) is 12.5. The number of ether oxygens (including phenoxy) is 1. The highest BCUT2D eigenvalue weighted by Gasteiger charge is 2.15. The molecule has 3 N–H and O–H groups in total. The van der Waals surface area contributed by atoms with Crippen LogP contribution >= 0.6 is 0 Å². The third-order valence-electron chi connectivity index (χ3n) is 3.38. The first-order valence-electron chi connectivity index (χ1n) is 8.11. The third kappa shape index (κ3) is 5.45. The molecule has 8 nitrogen and oxygen atoms in total. The van der Waals surface area contributed by atoms with Gasteiger partial charge < -0.3 is 24.9 Å². The predicted molar refractivity (Wildman–Crippen MR) is 93.5 cm³/mol. The molecule has 2 amide bonds. The number of nitrogens with one attached hydrogen (secondary N) is 2. The zero-order valence-corrected chi connectivity index (χ0v) is 14.3. The molecule has 0 aliphatic heterocycles. The summed E-state index contributed by atoms with van der Waals surface area (Å²) < 4.78 is 10.1. The van der Waals surface area contributed by atoms with Crippen molar-refractivity contribution in [1.82, 2.24) is 5.32 Å². The SMILES string of the molecule is CCOCCCNC(=O)c1cccc(NC(=O)c2ccc(C(=O)O)o2)c1. The van der Waals surface area contributed by atoms with Crippen molar-refractivity contribution in [2.75, 3.05) is 25.1 Å². The summed E-state index contributed by atoms with van der Waals surface area (Å²) in [5, 5.41) is 14.1. The van der Waals surface area contributed by atoms with Crippen LogP contribution in [0.5, 0.6) is 0 Å². The Morgan fingerprint density at radius 2 is 1.88 bits per heavy atom. The number of aromatic carboxylic acids is 1. The van der Waals surface area contributed by atoms with E-state index < -0.39 is 11.9 Å². The van der Waals surface area contributed by atoms with E-state index >= 15 is 0 Å². The second kappa shape index (κ2) is 9.38. The number of carbonyl (C=O) groups excluding carboxylic acids is 2. The Bertz CT molecular complexity index is 783. The molecule has 1 heterocycles. The molecule has 0 unspecified atom stereocenters. The van der Waals surface area contributed by atoms with Gasteiger partial charge in [-0.3, -0.25) is 9.59 Å². The van der Waals surface area contributed by atoms with Gasteiger partial charge in [-0.15, -0.1) is 0 Å². The normalized spacial score (nSPS) is 10.3. The van der Waals surface area contributed by atoms with Crippen molar-refractivity contribution in [3.8, 4) is 0 Å². The largest absolute Gasteiger partial charge is 0.475 e. The molecule has 0 bridgehead atoms. The summed E-state index contributed by atoms with van der Waals surface area (Å²) in [6, 6.07) is 8.87. The minimum Gasteiger partial charge on any atom is -0.475 e. The Morgan fingerprint density at radius 3 is 2.58 bits per heavy atom. The molecule has 0 atom stereocenters. The van der Waals surface area contributed by atoms with E-state index in [2.05, 4.69) is 10.6 Å². The van der Waals surface area contributed by atoms with Crippen molar-refractivity contribution in [2.24, 2.45) is 0 Å². The monoisotopic (exact) mass is 360 g/mol. The molecule has 2 rings (SSSR count). The average molecular weight is 360 g/mol. The highest BCUT2D eigenvalue weighted by molar-refractivity contribution is 6.04. The van der Waals surface area contributed by atoms with Gasteiger partial charge in [-0.05, 0) is 43.7 Å². The van der Waals surface area contributed by atoms with Crippen LogP contribution in [0.3, 0.4) is 0 Å². The number of rotatable bonds is 9. The maximum atomic E-state index is 12.1. The highest BCUT2D eigenvalue weighted by atomic mass is 16.5. The molecule has 8 heteroatoms. The fraction of sp³-hybridized carbons (Fsp3) is 0.278. The molecule has 138 valence electrons. The van der Waals surface area contributed by atoms with E-state index in [0.29, 0.717) is 37.4 Å². The van der Waals surface area contributed by atoms with Crippen LogP contribution in [-0.2, 0) is 4.74 Å². The summed E-state index contributed by atoms with van der Waals surface area (Å²) in [4.78, 5) is 35.0. The molecule has 0 fully saturated rings. The molecular formula is C18H20N2O6. The zero-order valence-electron chi connectivity index (χ0n) is 14.3. The number of hydrogen-bond acceptors (Lipinski definition) is 5. The quantitative estimate of drug-likeness (QED) is 0.591. The number of amides is 2.